The Morgan fingerprint density at radius 1 is 1.67 bits per heavy atom. The molecule has 1 N–H and O–H groups in total. The molecule has 0 fully saturated rings. The number of hydrogen-bond acceptors (Lipinski definition) is 3. The van der Waals surface area contributed by atoms with Crippen molar-refractivity contribution in [2.75, 3.05) is 0 Å². The van der Waals surface area contributed by atoms with Crippen LogP contribution < -0.4 is 5.32 Å². The van der Waals surface area contributed by atoms with Gasteiger partial charge in [0, 0.05) is 6.42 Å². The lowest BCUT2D eigenvalue weighted by molar-refractivity contribution is -0.122. The average molecular weight is 206 g/mol. The van der Waals surface area contributed by atoms with E-state index in [1.54, 1.807) is 12.1 Å². The summed E-state index contributed by atoms with van der Waals surface area (Å²) in [5.41, 5.74) is 0. The molecule has 1 atom stereocenters. The summed E-state index contributed by atoms with van der Waals surface area (Å²) in [5, 5.41) is 11.5. The highest BCUT2D eigenvalue weighted by atomic mass is 16.3. The van der Waals surface area contributed by atoms with Crippen LogP contribution in [0.4, 0.5) is 0 Å². The summed E-state index contributed by atoms with van der Waals surface area (Å²) in [4.78, 5) is 11.4. The Balaban J connectivity index is 2.56. The number of amides is 1. The van der Waals surface area contributed by atoms with Crippen LogP contribution in [0.5, 0.6) is 0 Å². The summed E-state index contributed by atoms with van der Waals surface area (Å²) in [6, 6.07) is 4.65. The van der Waals surface area contributed by atoms with Crippen LogP contribution in [0.2, 0.25) is 0 Å². The fourth-order valence-corrected chi connectivity index (χ4v) is 1.21. The maximum Gasteiger partial charge on any atom is 0.221 e. The van der Waals surface area contributed by atoms with Gasteiger partial charge in [-0.2, -0.15) is 5.26 Å². The lowest BCUT2D eigenvalue weighted by atomic mass is 10.1. The van der Waals surface area contributed by atoms with Crippen molar-refractivity contribution in [3.05, 3.63) is 24.2 Å². The number of nitrogens with one attached hydrogen (secondary N) is 1. The largest absolute Gasteiger partial charge is 0.466 e. The predicted molar refractivity (Wildman–Crippen MR) is 54.7 cm³/mol. The van der Waals surface area contributed by atoms with Gasteiger partial charge in [-0.15, -0.1) is 0 Å². The van der Waals surface area contributed by atoms with Gasteiger partial charge in [-0.3, -0.25) is 4.79 Å². The Morgan fingerprint density at radius 2 is 2.40 bits per heavy atom. The second kappa shape index (κ2) is 5.20. The molecule has 1 unspecified atom stereocenters. The van der Waals surface area contributed by atoms with E-state index in [1.807, 2.05) is 19.9 Å². The summed E-state index contributed by atoms with van der Waals surface area (Å²) in [6.45, 7) is 3.90. The zero-order valence-corrected chi connectivity index (χ0v) is 8.86. The number of rotatable bonds is 4. The molecule has 0 aliphatic heterocycles. The van der Waals surface area contributed by atoms with E-state index in [4.69, 9.17) is 9.68 Å². The number of hydrogen-bond donors (Lipinski definition) is 1. The van der Waals surface area contributed by atoms with E-state index in [9.17, 15) is 4.79 Å². The quantitative estimate of drug-likeness (QED) is 0.819. The molecule has 1 amide bonds. The van der Waals surface area contributed by atoms with Crippen LogP contribution in [-0.4, -0.2) is 5.91 Å². The monoisotopic (exact) mass is 206 g/mol. The van der Waals surface area contributed by atoms with E-state index in [0.717, 1.165) is 0 Å². The predicted octanol–water partition coefficient (Wildman–Crippen LogP) is 2.01. The van der Waals surface area contributed by atoms with Crippen LogP contribution in [0, 0.1) is 17.2 Å². The Bertz CT molecular complexity index is 349. The minimum absolute atomic E-state index is 0.132. The van der Waals surface area contributed by atoms with Gasteiger partial charge in [0.2, 0.25) is 5.91 Å². The fraction of sp³-hybridized carbons (Fsp3) is 0.455. The van der Waals surface area contributed by atoms with Crippen LogP contribution in [0.25, 0.3) is 0 Å². The normalized spacial score (nSPS) is 12.1. The number of nitriles is 1. The lowest BCUT2D eigenvalue weighted by Gasteiger charge is -2.10. The van der Waals surface area contributed by atoms with E-state index in [-0.39, 0.29) is 11.8 Å². The molecule has 0 aliphatic rings. The van der Waals surface area contributed by atoms with Crippen molar-refractivity contribution < 1.29 is 9.21 Å². The first-order chi connectivity index (χ1) is 7.13. The van der Waals surface area contributed by atoms with Crippen molar-refractivity contribution in [3.63, 3.8) is 0 Å². The third kappa shape index (κ3) is 3.47. The van der Waals surface area contributed by atoms with Gasteiger partial charge in [0.1, 0.15) is 5.76 Å². The molecule has 15 heavy (non-hydrogen) atoms. The van der Waals surface area contributed by atoms with E-state index in [1.165, 1.54) is 6.26 Å². The van der Waals surface area contributed by atoms with Gasteiger partial charge >= 0.3 is 0 Å². The molecule has 0 radical (unpaired) electrons. The summed E-state index contributed by atoms with van der Waals surface area (Å²) in [7, 11) is 0. The number of furan rings is 1. The Morgan fingerprint density at radius 3 is 2.87 bits per heavy atom. The third-order valence-electron chi connectivity index (χ3n) is 1.86. The summed E-state index contributed by atoms with van der Waals surface area (Å²) in [6.07, 6.45) is 1.90. The molecule has 0 saturated heterocycles. The third-order valence-corrected chi connectivity index (χ3v) is 1.86. The second-order valence-corrected chi connectivity index (χ2v) is 3.74. The smallest absolute Gasteiger partial charge is 0.221 e. The number of carbonyl (C=O) groups is 1. The Labute approximate surface area is 88.9 Å². The molecule has 4 heteroatoms. The summed E-state index contributed by atoms with van der Waals surface area (Å²) in [5.74, 6) is 0.614. The zero-order valence-electron chi connectivity index (χ0n) is 8.86. The SMILES string of the molecule is CC(C)CC(=O)NC(C#N)c1ccco1. The highest BCUT2D eigenvalue weighted by molar-refractivity contribution is 5.76. The molecule has 0 aromatic carbocycles. The molecule has 1 aromatic rings. The van der Waals surface area contributed by atoms with Crippen molar-refractivity contribution in [1.29, 1.82) is 5.26 Å². The highest BCUT2D eigenvalue weighted by Crippen LogP contribution is 2.12. The molecule has 1 heterocycles. The molecule has 0 bridgehead atoms. The first-order valence-electron chi connectivity index (χ1n) is 4.86. The minimum atomic E-state index is -0.689. The van der Waals surface area contributed by atoms with Gasteiger partial charge in [-0.05, 0) is 18.1 Å². The van der Waals surface area contributed by atoms with Crippen LogP contribution >= 0.6 is 0 Å². The zero-order chi connectivity index (χ0) is 11.3. The Kier molecular flexibility index (Phi) is 3.92. The van der Waals surface area contributed by atoms with Crippen molar-refractivity contribution in [1.82, 2.24) is 5.32 Å². The van der Waals surface area contributed by atoms with Gasteiger partial charge < -0.3 is 9.73 Å². The molecule has 0 aliphatic carbocycles. The first-order valence-corrected chi connectivity index (χ1v) is 4.86. The van der Waals surface area contributed by atoms with Crippen molar-refractivity contribution in [2.45, 2.75) is 26.3 Å². The maximum absolute atomic E-state index is 11.4. The molecule has 0 saturated carbocycles. The van der Waals surface area contributed by atoms with Gasteiger partial charge in [0.25, 0.3) is 0 Å². The van der Waals surface area contributed by atoms with Gasteiger partial charge in [-0.25, -0.2) is 0 Å². The standard InChI is InChI=1S/C11H14N2O2/c1-8(2)6-11(14)13-9(7-12)10-4-3-5-15-10/h3-5,8-9H,6H2,1-2H3,(H,13,14). The molecular weight excluding hydrogens is 192 g/mol. The highest BCUT2D eigenvalue weighted by Gasteiger charge is 2.16. The summed E-state index contributed by atoms with van der Waals surface area (Å²) >= 11 is 0. The molecule has 4 nitrogen and oxygen atoms in total. The molecular formula is C11H14N2O2. The van der Waals surface area contributed by atoms with Crippen molar-refractivity contribution in [2.24, 2.45) is 5.92 Å². The van der Waals surface area contributed by atoms with Crippen LogP contribution in [-0.2, 0) is 4.79 Å². The molecule has 1 aromatic heterocycles. The van der Waals surface area contributed by atoms with Gasteiger partial charge in [0.15, 0.2) is 6.04 Å². The average Bonchev–Trinajstić information content (AvgIpc) is 2.65. The van der Waals surface area contributed by atoms with Crippen LogP contribution in [0.1, 0.15) is 32.1 Å². The van der Waals surface area contributed by atoms with Gasteiger partial charge in [-0.1, -0.05) is 13.8 Å². The summed E-state index contributed by atoms with van der Waals surface area (Å²) < 4.78 is 5.06. The lowest BCUT2D eigenvalue weighted by Crippen LogP contribution is -2.28. The van der Waals surface area contributed by atoms with E-state index in [2.05, 4.69) is 5.32 Å². The van der Waals surface area contributed by atoms with Crippen LogP contribution in [0.3, 0.4) is 0 Å². The number of nitrogens with zero attached hydrogens (tertiary/aromatic N) is 1. The van der Waals surface area contributed by atoms with Crippen molar-refractivity contribution in [3.8, 4) is 6.07 Å². The molecule has 80 valence electrons. The molecule has 1 rings (SSSR count). The van der Waals surface area contributed by atoms with E-state index < -0.39 is 6.04 Å². The minimum Gasteiger partial charge on any atom is -0.466 e. The molecule has 0 spiro atoms. The second-order valence-electron chi connectivity index (χ2n) is 3.74. The number of carbonyl (C=O) groups excluding carboxylic acids is 1. The van der Waals surface area contributed by atoms with Crippen LogP contribution in [0.15, 0.2) is 22.8 Å². The van der Waals surface area contributed by atoms with E-state index in [0.29, 0.717) is 12.2 Å². The maximum atomic E-state index is 11.4. The van der Waals surface area contributed by atoms with E-state index >= 15 is 0 Å². The topological polar surface area (TPSA) is 66.0 Å². The first kappa shape index (κ1) is 11.3. The Hall–Kier alpha value is -1.76. The van der Waals surface area contributed by atoms with Crippen molar-refractivity contribution >= 4 is 5.91 Å². The van der Waals surface area contributed by atoms with Gasteiger partial charge in [0.05, 0.1) is 12.3 Å². The fourth-order valence-electron chi connectivity index (χ4n) is 1.21.